The van der Waals surface area contributed by atoms with E-state index in [1.807, 2.05) is 0 Å². The number of piperazine rings is 1. The minimum atomic E-state index is -4.51. The third kappa shape index (κ3) is 4.86. The fraction of sp³-hybridized carbons (Fsp3) is 0.619. The zero-order valence-corrected chi connectivity index (χ0v) is 17.7. The summed E-state index contributed by atoms with van der Waals surface area (Å²) in [6.45, 7) is 5.02. The van der Waals surface area contributed by atoms with Gasteiger partial charge in [0.15, 0.2) is 0 Å². The summed E-state index contributed by atoms with van der Waals surface area (Å²) in [4.78, 5) is 19.4. The molecule has 1 unspecified atom stereocenters. The van der Waals surface area contributed by atoms with Crippen LogP contribution in [0.4, 0.5) is 13.2 Å². The van der Waals surface area contributed by atoms with Gasteiger partial charge in [0.25, 0.3) is 0 Å². The Kier molecular flexibility index (Phi) is 6.23. The van der Waals surface area contributed by atoms with Crippen LogP contribution < -0.4 is 5.73 Å². The van der Waals surface area contributed by atoms with Crippen LogP contribution in [0.25, 0.3) is 10.9 Å². The lowest BCUT2D eigenvalue weighted by molar-refractivity contribution is -0.136. The van der Waals surface area contributed by atoms with E-state index in [0.717, 1.165) is 45.1 Å². The van der Waals surface area contributed by atoms with Crippen molar-refractivity contribution in [3.8, 4) is 0 Å². The molecular weight excluding hydrogens is 409 g/mol. The molecule has 2 saturated heterocycles. The summed E-state index contributed by atoms with van der Waals surface area (Å²) in [5.41, 5.74) is 5.68. The van der Waals surface area contributed by atoms with Gasteiger partial charge in [0, 0.05) is 37.6 Å². The predicted octanol–water partition coefficient (Wildman–Crippen LogP) is 1.69. The van der Waals surface area contributed by atoms with E-state index in [0.29, 0.717) is 30.1 Å². The number of H-pyrrole nitrogens is 1. The number of nitrogens with zero attached hydrogens (tertiary/aromatic N) is 4. The van der Waals surface area contributed by atoms with Crippen molar-refractivity contribution in [3.63, 3.8) is 0 Å². The molecule has 3 N–H and O–H groups in total. The molecule has 2 fully saturated rings. The first-order valence-electron chi connectivity index (χ1n) is 10.7. The number of alkyl halides is 3. The van der Waals surface area contributed by atoms with Crippen molar-refractivity contribution in [1.82, 2.24) is 24.9 Å². The minimum Gasteiger partial charge on any atom is -0.339 e. The lowest BCUT2D eigenvalue weighted by Crippen LogP contribution is -2.56. The van der Waals surface area contributed by atoms with Crippen molar-refractivity contribution in [3.05, 3.63) is 29.5 Å². The SMILES string of the molecule is CN1CCC(N2CCN(C(=O)C(N)Cc3cc(C(F)(F)F)c4[nH]ncc4c3)CC2)CC1. The normalized spacial score (nSPS) is 21.0. The van der Waals surface area contributed by atoms with Gasteiger partial charge in [0.2, 0.25) is 5.91 Å². The molecule has 31 heavy (non-hydrogen) atoms. The molecule has 1 aromatic heterocycles. The molecular formula is C21H29F3N6O. The molecule has 1 amide bonds. The first kappa shape index (κ1) is 22.0. The summed E-state index contributed by atoms with van der Waals surface area (Å²) in [6, 6.07) is 2.36. The number of benzene rings is 1. The quantitative estimate of drug-likeness (QED) is 0.759. The molecule has 7 nitrogen and oxygen atoms in total. The number of nitrogens with two attached hydrogens (primary N) is 1. The third-order valence-electron chi connectivity index (χ3n) is 6.52. The molecule has 0 saturated carbocycles. The summed E-state index contributed by atoms with van der Waals surface area (Å²) < 4.78 is 40.2. The van der Waals surface area contributed by atoms with Crippen molar-refractivity contribution < 1.29 is 18.0 Å². The molecule has 0 spiro atoms. The number of aromatic nitrogens is 2. The van der Waals surface area contributed by atoms with Gasteiger partial charge >= 0.3 is 6.18 Å². The highest BCUT2D eigenvalue weighted by Crippen LogP contribution is 2.35. The van der Waals surface area contributed by atoms with E-state index in [9.17, 15) is 18.0 Å². The van der Waals surface area contributed by atoms with Crippen LogP contribution in [0.3, 0.4) is 0 Å². The molecule has 0 bridgehead atoms. The van der Waals surface area contributed by atoms with E-state index >= 15 is 0 Å². The molecule has 4 rings (SSSR count). The van der Waals surface area contributed by atoms with Crippen LogP contribution in [0.2, 0.25) is 0 Å². The van der Waals surface area contributed by atoms with E-state index in [1.165, 1.54) is 6.20 Å². The fourth-order valence-corrected chi connectivity index (χ4v) is 4.70. The number of nitrogens with one attached hydrogen (secondary N) is 1. The number of carbonyl (C=O) groups excluding carboxylic acids is 1. The molecule has 2 aliphatic heterocycles. The molecule has 10 heteroatoms. The smallest absolute Gasteiger partial charge is 0.339 e. The van der Waals surface area contributed by atoms with Gasteiger partial charge < -0.3 is 15.5 Å². The van der Waals surface area contributed by atoms with Crippen LogP contribution in [0.5, 0.6) is 0 Å². The van der Waals surface area contributed by atoms with Crippen molar-refractivity contribution in [2.24, 2.45) is 5.73 Å². The van der Waals surface area contributed by atoms with Gasteiger partial charge in [-0.2, -0.15) is 18.3 Å². The second-order valence-electron chi connectivity index (χ2n) is 8.68. The topological polar surface area (TPSA) is 81.5 Å². The Bertz CT molecular complexity index is 913. The van der Waals surface area contributed by atoms with Gasteiger partial charge in [-0.25, -0.2) is 0 Å². The maximum Gasteiger partial charge on any atom is 0.418 e. The Morgan fingerprint density at radius 2 is 1.87 bits per heavy atom. The number of carbonyl (C=O) groups is 1. The minimum absolute atomic E-state index is 0.0538. The second-order valence-corrected chi connectivity index (χ2v) is 8.68. The number of piperidine rings is 1. The molecule has 1 atom stereocenters. The van der Waals surface area contributed by atoms with Gasteiger partial charge in [-0.05, 0) is 57.1 Å². The van der Waals surface area contributed by atoms with E-state index in [2.05, 4.69) is 27.0 Å². The van der Waals surface area contributed by atoms with E-state index in [4.69, 9.17) is 5.73 Å². The standard InChI is InChI=1S/C21H29F3N6O/c1-28-4-2-16(3-5-28)29-6-8-30(9-7-29)20(31)18(25)12-14-10-15-13-26-27-19(15)17(11-14)21(22,23)24/h10-11,13,16,18H,2-9,12,25H2,1H3,(H,26,27). The van der Waals surface area contributed by atoms with Crippen LogP contribution in [0.1, 0.15) is 24.0 Å². The third-order valence-corrected chi connectivity index (χ3v) is 6.52. The highest BCUT2D eigenvalue weighted by atomic mass is 19.4. The van der Waals surface area contributed by atoms with Crippen molar-refractivity contribution in [1.29, 1.82) is 0 Å². The Morgan fingerprint density at radius 1 is 1.19 bits per heavy atom. The van der Waals surface area contributed by atoms with E-state index in [-0.39, 0.29) is 17.8 Å². The van der Waals surface area contributed by atoms with E-state index in [1.54, 1.807) is 11.0 Å². The number of aromatic amines is 1. The number of hydrogen-bond donors (Lipinski definition) is 2. The Balaban J connectivity index is 1.37. The molecule has 1 aromatic carbocycles. The van der Waals surface area contributed by atoms with Crippen LogP contribution in [0, 0.1) is 0 Å². The predicted molar refractivity (Wildman–Crippen MR) is 111 cm³/mol. The van der Waals surface area contributed by atoms with Gasteiger partial charge in [-0.1, -0.05) is 0 Å². The molecule has 0 radical (unpaired) electrons. The monoisotopic (exact) mass is 438 g/mol. The summed E-state index contributed by atoms with van der Waals surface area (Å²) in [5, 5.41) is 6.47. The van der Waals surface area contributed by atoms with Crippen LogP contribution in [-0.4, -0.2) is 89.2 Å². The molecule has 3 heterocycles. The van der Waals surface area contributed by atoms with Crippen molar-refractivity contribution >= 4 is 16.8 Å². The van der Waals surface area contributed by atoms with Crippen LogP contribution >= 0.6 is 0 Å². The Labute approximate surface area is 179 Å². The summed E-state index contributed by atoms with van der Waals surface area (Å²) in [7, 11) is 2.14. The van der Waals surface area contributed by atoms with Gasteiger partial charge in [-0.15, -0.1) is 0 Å². The molecule has 0 aliphatic carbocycles. The zero-order valence-electron chi connectivity index (χ0n) is 17.7. The number of fused-ring (bicyclic) bond motifs is 1. The molecule has 170 valence electrons. The van der Waals surface area contributed by atoms with Crippen LogP contribution in [0.15, 0.2) is 18.3 Å². The van der Waals surface area contributed by atoms with Gasteiger partial charge in [-0.3, -0.25) is 14.8 Å². The summed E-state index contributed by atoms with van der Waals surface area (Å²) in [5.74, 6) is -0.205. The highest BCUT2D eigenvalue weighted by molar-refractivity contribution is 5.84. The number of amides is 1. The number of likely N-dealkylation sites (tertiary alicyclic amines) is 1. The average Bonchev–Trinajstić information content (AvgIpc) is 3.21. The summed E-state index contributed by atoms with van der Waals surface area (Å²) in [6.07, 6.45) is -0.828. The maximum absolute atomic E-state index is 13.4. The molecule has 2 aromatic rings. The first-order valence-corrected chi connectivity index (χ1v) is 10.7. The largest absolute Gasteiger partial charge is 0.418 e. The lowest BCUT2D eigenvalue weighted by atomic mass is 9.99. The first-order chi connectivity index (χ1) is 14.7. The average molecular weight is 438 g/mol. The lowest BCUT2D eigenvalue weighted by Gasteiger charge is -2.42. The van der Waals surface area contributed by atoms with Gasteiger partial charge in [0.05, 0.1) is 23.3 Å². The maximum atomic E-state index is 13.4. The summed E-state index contributed by atoms with van der Waals surface area (Å²) >= 11 is 0. The van der Waals surface area contributed by atoms with Crippen LogP contribution in [-0.2, 0) is 17.4 Å². The van der Waals surface area contributed by atoms with E-state index < -0.39 is 17.8 Å². The van der Waals surface area contributed by atoms with Crippen molar-refractivity contribution in [2.75, 3.05) is 46.3 Å². The van der Waals surface area contributed by atoms with Crippen molar-refractivity contribution in [2.45, 2.75) is 37.5 Å². The Hall–Kier alpha value is -2.17. The fourth-order valence-electron chi connectivity index (χ4n) is 4.70. The van der Waals surface area contributed by atoms with Gasteiger partial charge in [0.1, 0.15) is 0 Å². The second kappa shape index (κ2) is 8.76. The number of hydrogen-bond acceptors (Lipinski definition) is 5. The highest BCUT2D eigenvalue weighted by Gasteiger charge is 2.35. The molecule has 2 aliphatic rings. The number of halogens is 3. The zero-order chi connectivity index (χ0) is 22.2. The number of rotatable bonds is 4. The Morgan fingerprint density at radius 3 is 2.52 bits per heavy atom.